The summed E-state index contributed by atoms with van der Waals surface area (Å²) in [5, 5.41) is 13.9. The molecule has 0 saturated carbocycles. The third kappa shape index (κ3) is 2.50. The molecular weight excluding hydrogens is 282 g/mol. The lowest BCUT2D eigenvalue weighted by Crippen LogP contribution is -2.08. The molecule has 3 rings (SSSR count). The minimum Gasteiger partial charge on any atom is -0.494 e. The van der Waals surface area contributed by atoms with Gasteiger partial charge in [-0.25, -0.2) is 4.98 Å². The number of hydrogen-bond acceptors (Lipinski definition) is 4. The standard InChI is InChI=1S/C16H15N3O3/c1-10-3-4-13-12(5-6-14(22-2)16(13)18-10)11-7-17-19(8-11)9-15(20)21/h3-8H,9H2,1-2H3,(H,20,21). The van der Waals surface area contributed by atoms with Gasteiger partial charge in [0.1, 0.15) is 17.8 Å². The summed E-state index contributed by atoms with van der Waals surface area (Å²) < 4.78 is 6.77. The van der Waals surface area contributed by atoms with Gasteiger partial charge in [-0.1, -0.05) is 6.07 Å². The molecular formula is C16H15N3O3. The minimum absolute atomic E-state index is 0.161. The molecule has 22 heavy (non-hydrogen) atoms. The van der Waals surface area contributed by atoms with Crippen molar-refractivity contribution in [2.24, 2.45) is 0 Å². The Hall–Kier alpha value is -2.89. The first-order valence-electron chi connectivity index (χ1n) is 6.77. The summed E-state index contributed by atoms with van der Waals surface area (Å²) in [7, 11) is 1.61. The van der Waals surface area contributed by atoms with Crippen molar-refractivity contribution in [1.29, 1.82) is 0 Å². The average molecular weight is 297 g/mol. The molecule has 0 aliphatic heterocycles. The van der Waals surface area contributed by atoms with Crippen molar-refractivity contribution in [2.45, 2.75) is 13.5 Å². The maximum atomic E-state index is 10.8. The predicted octanol–water partition coefficient (Wildman–Crippen LogP) is 2.50. The van der Waals surface area contributed by atoms with Gasteiger partial charge >= 0.3 is 5.97 Å². The highest BCUT2D eigenvalue weighted by molar-refractivity contribution is 5.97. The summed E-state index contributed by atoms with van der Waals surface area (Å²) in [4.78, 5) is 15.3. The number of methoxy groups -OCH3 is 1. The van der Waals surface area contributed by atoms with Crippen LogP contribution in [0.1, 0.15) is 5.69 Å². The van der Waals surface area contributed by atoms with Crippen molar-refractivity contribution in [2.75, 3.05) is 7.11 Å². The van der Waals surface area contributed by atoms with E-state index in [2.05, 4.69) is 10.1 Å². The van der Waals surface area contributed by atoms with Gasteiger partial charge in [-0.3, -0.25) is 9.48 Å². The Morgan fingerprint density at radius 3 is 2.86 bits per heavy atom. The highest BCUT2D eigenvalue weighted by atomic mass is 16.5. The van der Waals surface area contributed by atoms with Gasteiger partial charge in [0.25, 0.3) is 0 Å². The lowest BCUT2D eigenvalue weighted by atomic mass is 10.0. The van der Waals surface area contributed by atoms with Crippen molar-refractivity contribution in [3.8, 4) is 16.9 Å². The Bertz CT molecular complexity index is 855. The number of ether oxygens (including phenoxy) is 1. The van der Waals surface area contributed by atoms with Crippen molar-refractivity contribution in [3.63, 3.8) is 0 Å². The summed E-state index contributed by atoms with van der Waals surface area (Å²) >= 11 is 0. The number of aryl methyl sites for hydroxylation is 1. The third-order valence-corrected chi connectivity index (χ3v) is 3.42. The topological polar surface area (TPSA) is 77.2 Å². The number of aromatic nitrogens is 3. The summed E-state index contributed by atoms with van der Waals surface area (Å²) in [5.41, 5.74) is 3.48. The summed E-state index contributed by atoms with van der Waals surface area (Å²) in [6, 6.07) is 7.72. The monoisotopic (exact) mass is 297 g/mol. The average Bonchev–Trinajstić information content (AvgIpc) is 2.93. The number of carboxylic acid groups (broad SMARTS) is 1. The molecule has 1 aromatic carbocycles. The lowest BCUT2D eigenvalue weighted by Gasteiger charge is -2.09. The molecule has 0 aliphatic carbocycles. The number of pyridine rings is 1. The van der Waals surface area contributed by atoms with Crippen LogP contribution in [0.15, 0.2) is 36.7 Å². The number of aliphatic carboxylic acids is 1. The molecule has 6 nitrogen and oxygen atoms in total. The number of carbonyl (C=O) groups is 1. The molecule has 1 N–H and O–H groups in total. The van der Waals surface area contributed by atoms with Crippen LogP contribution in [0.5, 0.6) is 5.75 Å². The van der Waals surface area contributed by atoms with Crippen LogP contribution in [0.3, 0.4) is 0 Å². The molecule has 0 fully saturated rings. The van der Waals surface area contributed by atoms with Crippen LogP contribution < -0.4 is 4.74 Å². The molecule has 0 unspecified atom stereocenters. The van der Waals surface area contributed by atoms with Gasteiger partial charge in [0, 0.05) is 22.8 Å². The number of nitrogens with zero attached hydrogens (tertiary/aromatic N) is 3. The van der Waals surface area contributed by atoms with Gasteiger partial charge < -0.3 is 9.84 Å². The fourth-order valence-electron chi connectivity index (χ4n) is 2.43. The van der Waals surface area contributed by atoms with E-state index in [0.717, 1.165) is 27.7 Å². The maximum absolute atomic E-state index is 10.8. The number of fused-ring (bicyclic) bond motifs is 1. The zero-order valence-corrected chi connectivity index (χ0v) is 12.3. The Morgan fingerprint density at radius 1 is 1.32 bits per heavy atom. The fourth-order valence-corrected chi connectivity index (χ4v) is 2.43. The van der Waals surface area contributed by atoms with E-state index < -0.39 is 5.97 Å². The molecule has 0 atom stereocenters. The van der Waals surface area contributed by atoms with Crippen LogP contribution in [-0.4, -0.2) is 33.0 Å². The Labute approximate surface area is 127 Å². The van der Waals surface area contributed by atoms with Crippen molar-refractivity contribution in [3.05, 3.63) is 42.4 Å². The molecule has 2 aromatic heterocycles. The summed E-state index contributed by atoms with van der Waals surface area (Å²) in [6.45, 7) is 1.77. The van der Waals surface area contributed by atoms with Crippen LogP contribution in [0.4, 0.5) is 0 Å². The molecule has 0 spiro atoms. The van der Waals surface area contributed by atoms with E-state index in [4.69, 9.17) is 9.84 Å². The van der Waals surface area contributed by atoms with E-state index in [0.29, 0.717) is 5.75 Å². The highest BCUT2D eigenvalue weighted by Crippen LogP contribution is 2.33. The van der Waals surface area contributed by atoms with Crippen LogP contribution in [0.25, 0.3) is 22.0 Å². The van der Waals surface area contributed by atoms with Gasteiger partial charge in [0.05, 0.1) is 13.3 Å². The van der Waals surface area contributed by atoms with E-state index in [1.54, 1.807) is 19.5 Å². The van der Waals surface area contributed by atoms with Crippen molar-refractivity contribution >= 4 is 16.9 Å². The Kier molecular flexibility index (Phi) is 3.50. The van der Waals surface area contributed by atoms with E-state index in [-0.39, 0.29) is 6.54 Å². The van der Waals surface area contributed by atoms with Gasteiger partial charge in [0.15, 0.2) is 0 Å². The van der Waals surface area contributed by atoms with E-state index in [9.17, 15) is 4.79 Å². The fraction of sp³-hybridized carbons (Fsp3) is 0.188. The second kappa shape index (κ2) is 5.48. The van der Waals surface area contributed by atoms with E-state index in [1.807, 2.05) is 31.2 Å². The first kappa shape index (κ1) is 14.1. The quantitative estimate of drug-likeness (QED) is 0.800. The summed E-state index contributed by atoms with van der Waals surface area (Å²) in [5.74, 6) is -0.216. The van der Waals surface area contributed by atoms with E-state index in [1.165, 1.54) is 4.68 Å². The number of hydrogen-bond donors (Lipinski definition) is 1. The number of benzene rings is 1. The normalized spacial score (nSPS) is 10.8. The second-order valence-corrected chi connectivity index (χ2v) is 4.98. The van der Waals surface area contributed by atoms with Gasteiger partial charge in [0.2, 0.25) is 0 Å². The molecule has 6 heteroatoms. The zero-order valence-electron chi connectivity index (χ0n) is 12.3. The lowest BCUT2D eigenvalue weighted by molar-refractivity contribution is -0.137. The first-order chi connectivity index (χ1) is 10.6. The van der Waals surface area contributed by atoms with Gasteiger partial charge in [-0.2, -0.15) is 5.10 Å². The van der Waals surface area contributed by atoms with Crippen LogP contribution in [0, 0.1) is 6.92 Å². The second-order valence-electron chi connectivity index (χ2n) is 4.98. The Balaban J connectivity index is 2.15. The highest BCUT2D eigenvalue weighted by Gasteiger charge is 2.12. The molecule has 3 aromatic rings. The van der Waals surface area contributed by atoms with Crippen LogP contribution in [0.2, 0.25) is 0 Å². The first-order valence-corrected chi connectivity index (χ1v) is 6.77. The molecule has 0 aliphatic rings. The third-order valence-electron chi connectivity index (χ3n) is 3.42. The smallest absolute Gasteiger partial charge is 0.325 e. The largest absolute Gasteiger partial charge is 0.494 e. The van der Waals surface area contributed by atoms with Gasteiger partial charge in [-0.15, -0.1) is 0 Å². The van der Waals surface area contributed by atoms with Crippen LogP contribution in [-0.2, 0) is 11.3 Å². The molecule has 0 saturated heterocycles. The summed E-state index contributed by atoms with van der Waals surface area (Å²) in [6.07, 6.45) is 3.37. The SMILES string of the molecule is COc1ccc(-c2cnn(CC(=O)O)c2)c2ccc(C)nc12. The molecule has 0 amide bonds. The predicted molar refractivity (Wildman–Crippen MR) is 81.9 cm³/mol. The van der Waals surface area contributed by atoms with Crippen LogP contribution >= 0.6 is 0 Å². The molecule has 112 valence electrons. The van der Waals surface area contributed by atoms with E-state index >= 15 is 0 Å². The molecule has 2 heterocycles. The zero-order chi connectivity index (χ0) is 15.7. The minimum atomic E-state index is -0.925. The number of rotatable bonds is 4. The Morgan fingerprint density at radius 2 is 2.14 bits per heavy atom. The molecule has 0 radical (unpaired) electrons. The number of carboxylic acids is 1. The van der Waals surface area contributed by atoms with Gasteiger partial charge in [-0.05, 0) is 30.7 Å². The van der Waals surface area contributed by atoms with Crippen molar-refractivity contribution < 1.29 is 14.6 Å². The van der Waals surface area contributed by atoms with Crippen molar-refractivity contribution in [1.82, 2.24) is 14.8 Å². The molecule has 0 bridgehead atoms. The maximum Gasteiger partial charge on any atom is 0.325 e.